The Morgan fingerprint density at radius 2 is 1.93 bits per heavy atom. The minimum atomic E-state index is -1.40. The minimum Gasteiger partial charge on any atom is -0.548 e. The van der Waals surface area contributed by atoms with E-state index >= 15 is 0 Å². The number of fused-ring (bicyclic) bond motifs is 1. The first-order valence-electron chi connectivity index (χ1n) is 9.26. The molecule has 0 aliphatic heterocycles. The second-order valence-electron chi connectivity index (χ2n) is 7.00. The molecule has 0 aliphatic carbocycles. The van der Waals surface area contributed by atoms with Crippen molar-refractivity contribution in [3.8, 4) is 5.75 Å². The molecule has 0 unspecified atom stereocenters. The van der Waals surface area contributed by atoms with Crippen LogP contribution in [0.5, 0.6) is 5.75 Å². The molecule has 0 fully saturated rings. The van der Waals surface area contributed by atoms with E-state index in [1.165, 1.54) is 12.1 Å². The molecule has 0 aliphatic rings. The molecule has 2 atom stereocenters. The van der Waals surface area contributed by atoms with Gasteiger partial charge in [0.05, 0.1) is 35.6 Å². The first kappa shape index (κ1) is 23.2. The van der Waals surface area contributed by atoms with E-state index in [9.17, 15) is 29.4 Å². The summed E-state index contributed by atoms with van der Waals surface area (Å²) in [7, 11) is 0. The van der Waals surface area contributed by atoms with E-state index in [1.54, 1.807) is 20.8 Å². The largest absolute Gasteiger partial charge is 0.548 e. The Kier molecular flexibility index (Phi) is 7.44. The van der Waals surface area contributed by atoms with E-state index in [-0.39, 0.29) is 34.3 Å². The summed E-state index contributed by atoms with van der Waals surface area (Å²) >= 11 is 5.90. The molecule has 10 heteroatoms. The van der Waals surface area contributed by atoms with Crippen molar-refractivity contribution < 1.29 is 29.0 Å². The molecule has 30 heavy (non-hydrogen) atoms. The van der Waals surface area contributed by atoms with E-state index in [4.69, 9.17) is 16.0 Å². The van der Waals surface area contributed by atoms with Crippen LogP contribution < -0.4 is 21.4 Å². The molecule has 0 bridgehead atoms. The van der Waals surface area contributed by atoms with Crippen LogP contribution in [0, 0.1) is 12.8 Å². The molecule has 2 aromatic rings. The van der Waals surface area contributed by atoms with E-state index in [1.807, 2.05) is 0 Å². The highest BCUT2D eigenvalue weighted by Crippen LogP contribution is 2.30. The lowest BCUT2D eigenvalue weighted by molar-refractivity contribution is -0.309. The Bertz CT molecular complexity index is 1050. The van der Waals surface area contributed by atoms with Gasteiger partial charge in [-0.3, -0.25) is 9.59 Å². The zero-order chi connectivity index (χ0) is 22.6. The fraction of sp³-hybridized carbons (Fsp3) is 0.400. The van der Waals surface area contributed by atoms with Gasteiger partial charge in [-0.25, -0.2) is 4.79 Å². The molecular formula is C20H22ClN2O7-. The number of carboxylic acid groups (broad SMARTS) is 1. The number of aliphatic carboxylic acids is 1. The van der Waals surface area contributed by atoms with Gasteiger partial charge >= 0.3 is 5.63 Å². The van der Waals surface area contributed by atoms with E-state index < -0.39 is 36.0 Å². The maximum Gasteiger partial charge on any atom is 0.340 e. The summed E-state index contributed by atoms with van der Waals surface area (Å²) in [4.78, 5) is 47.6. The SMILES string of the molecule is CC[C@@H](C)[C@H](NC(=O)CNC(=O)Cc1c(C)c2cc(Cl)c(O)cc2oc1=O)C(=O)[O-]. The second-order valence-corrected chi connectivity index (χ2v) is 7.40. The zero-order valence-electron chi connectivity index (χ0n) is 16.7. The Balaban J connectivity index is 2.09. The number of carbonyl (C=O) groups is 3. The topological polar surface area (TPSA) is 149 Å². The van der Waals surface area contributed by atoms with Crippen LogP contribution in [0.2, 0.25) is 5.02 Å². The molecule has 0 saturated carbocycles. The van der Waals surface area contributed by atoms with Crippen molar-refractivity contribution in [2.24, 2.45) is 5.92 Å². The van der Waals surface area contributed by atoms with Gasteiger partial charge < -0.3 is 30.1 Å². The molecule has 1 aromatic carbocycles. The second kappa shape index (κ2) is 9.62. The standard InChI is InChI=1S/C20H23ClN2O7/c1-4-9(2)18(19(27)28)23-17(26)8-22-16(25)6-12-10(3)11-5-13(21)14(24)7-15(11)30-20(12)29/h5,7,9,18,24H,4,6,8H2,1-3H3,(H,22,25)(H,23,26)(H,27,28)/p-1/t9-,18+/m1/s1. The van der Waals surface area contributed by atoms with Crippen molar-refractivity contribution in [1.82, 2.24) is 10.6 Å². The highest BCUT2D eigenvalue weighted by molar-refractivity contribution is 6.32. The predicted octanol–water partition coefficient (Wildman–Crippen LogP) is 0.400. The summed E-state index contributed by atoms with van der Waals surface area (Å²) < 4.78 is 5.15. The Morgan fingerprint density at radius 3 is 2.53 bits per heavy atom. The summed E-state index contributed by atoms with van der Waals surface area (Å²) in [5, 5.41) is 26.0. The molecule has 9 nitrogen and oxygen atoms in total. The van der Waals surface area contributed by atoms with Gasteiger partial charge in [0.2, 0.25) is 11.8 Å². The third-order valence-electron chi connectivity index (χ3n) is 4.92. The maximum absolute atomic E-state index is 12.2. The number of aromatic hydroxyl groups is 1. The van der Waals surface area contributed by atoms with Crippen molar-refractivity contribution in [3.63, 3.8) is 0 Å². The molecule has 1 aromatic heterocycles. The van der Waals surface area contributed by atoms with Crippen LogP contribution in [0.1, 0.15) is 31.4 Å². The van der Waals surface area contributed by atoms with Crippen molar-refractivity contribution in [2.45, 2.75) is 39.7 Å². The summed E-state index contributed by atoms with van der Waals surface area (Å²) in [6, 6.07) is 1.47. The summed E-state index contributed by atoms with van der Waals surface area (Å²) in [5.41, 5.74) is -0.0951. The number of phenols is 1. The lowest BCUT2D eigenvalue weighted by atomic mass is 9.99. The molecule has 2 rings (SSSR count). The highest BCUT2D eigenvalue weighted by atomic mass is 35.5. The van der Waals surface area contributed by atoms with Gasteiger partial charge in [0, 0.05) is 11.5 Å². The number of hydrogen-bond donors (Lipinski definition) is 3. The number of rotatable bonds is 8. The van der Waals surface area contributed by atoms with Crippen molar-refractivity contribution in [1.29, 1.82) is 0 Å². The maximum atomic E-state index is 12.2. The van der Waals surface area contributed by atoms with Crippen LogP contribution in [0.25, 0.3) is 11.0 Å². The Morgan fingerprint density at radius 1 is 1.27 bits per heavy atom. The van der Waals surface area contributed by atoms with E-state index in [0.29, 0.717) is 17.4 Å². The molecule has 0 saturated heterocycles. The molecule has 3 N–H and O–H groups in total. The molecule has 1 heterocycles. The molecular weight excluding hydrogens is 416 g/mol. The number of nitrogens with one attached hydrogen (secondary N) is 2. The Hall–Kier alpha value is -3.07. The molecule has 162 valence electrons. The summed E-state index contributed by atoms with van der Waals surface area (Å²) in [6.07, 6.45) is 0.162. The molecule has 0 spiro atoms. The quantitative estimate of drug-likeness (QED) is 0.506. The van der Waals surface area contributed by atoms with Crippen molar-refractivity contribution in [3.05, 3.63) is 38.7 Å². The zero-order valence-corrected chi connectivity index (χ0v) is 17.5. The van der Waals surface area contributed by atoms with Gasteiger partial charge in [0.15, 0.2) is 0 Å². The van der Waals surface area contributed by atoms with Crippen LogP contribution >= 0.6 is 11.6 Å². The fourth-order valence-electron chi connectivity index (χ4n) is 2.90. The molecule has 2 amide bonds. The van der Waals surface area contributed by atoms with Crippen molar-refractivity contribution in [2.75, 3.05) is 6.54 Å². The van der Waals surface area contributed by atoms with E-state index in [2.05, 4.69) is 10.6 Å². The van der Waals surface area contributed by atoms with E-state index in [0.717, 1.165) is 0 Å². The predicted molar refractivity (Wildman–Crippen MR) is 107 cm³/mol. The first-order chi connectivity index (χ1) is 14.0. The van der Waals surface area contributed by atoms with Gasteiger partial charge in [-0.15, -0.1) is 0 Å². The van der Waals surface area contributed by atoms with Crippen LogP contribution in [-0.2, 0) is 20.8 Å². The number of aryl methyl sites for hydroxylation is 1. The monoisotopic (exact) mass is 437 g/mol. The molecule has 0 radical (unpaired) electrons. The number of halogens is 1. The number of carbonyl (C=O) groups excluding carboxylic acids is 3. The number of carboxylic acids is 1. The first-order valence-corrected chi connectivity index (χ1v) is 9.64. The summed E-state index contributed by atoms with van der Waals surface area (Å²) in [5.74, 6) is -3.31. The van der Waals surface area contributed by atoms with Gasteiger partial charge in [0.1, 0.15) is 11.3 Å². The Labute approximate surface area is 177 Å². The van der Waals surface area contributed by atoms with Gasteiger partial charge in [-0.05, 0) is 24.5 Å². The van der Waals surface area contributed by atoms with Crippen LogP contribution in [0.4, 0.5) is 0 Å². The third-order valence-corrected chi connectivity index (χ3v) is 5.22. The smallest absolute Gasteiger partial charge is 0.340 e. The van der Waals surface area contributed by atoms with Gasteiger partial charge in [0.25, 0.3) is 0 Å². The van der Waals surface area contributed by atoms with Crippen molar-refractivity contribution >= 4 is 40.4 Å². The average Bonchev–Trinajstić information content (AvgIpc) is 2.68. The highest BCUT2D eigenvalue weighted by Gasteiger charge is 2.20. The van der Waals surface area contributed by atoms with Crippen LogP contribution in [0.15, 0.2) is 21.3 Å². The number of amides is 2. The third kappa shape index (κ3) is 5.29. The average molecular weight is 438 g/mol. The number of benzene rings is 1. The normalized spacial score (nSPS) is 12.9. The lowest BCUT2D eigenvalue weighted by Crippen LogP contribution is -2.53. The number of phenolic OH excluding ortho intramolecular Hbond substituents is 1. The van der Waals surface area contributed by atoms with Gasteiger partial charge in [-0.1, -0.05) is 31.9 Å². The minimum absolute atomic E-state index is 0.0651. The van der Waals surface area contributed by atoms with Crippen LogP contribution in [-0.4, -0.2) is 35.5 Å². The van der Waals surface area contributed by atoms with Crippen LogP contribution in [0.3, 0.4) is 0 Å². The lowest BCUT2D eigenvalue weighted by Gasteiger charge is -2.25. The number of hydrogen-bond acceptors (Lipinski definition) is 7. The van der Waals surface area contributed by atoms with Gasteiger partial charge in [-0.2, -0.15) is 0 Å². The summed E-state index contributed by atoms with van der Waals surface area (Å²) in [6.45, 7) is 4.59. The fourth-order valence-corrected chi connectivity index (χ4v) is 3.06.